The number of guanidine groups is 1. The fraction of sp³-hybridized carbons (Fsp3) is 0.350. The fourth-order valence-corrected chi connectivity index (χ4v) is 3.11. The molecule has 1 aromatic heterocycles. The summed E-state index contributed by atoms with van der Waals surface area (Å²) in [6.07, 6.45) is 4.21. The Morgan fingerprint density at radius 2 is 1.96 bits per heavy atom. The third-order valence-corrected chi connectivity index (χ3v) is 4.72. The maximum Gasteiger partial charge on any atom is 0.227 e. The van der Waals surface area contributed by atoms with Gasteiger partial charge in [0.1, 0.15) is 5.15 Å². The first-order valence-corrected chi connectivity index (χ1v) is 9.48. The number of carbonyl (C=O) groups is 1. The summed E-state index contributed by atoms with van der Waals surface area (Å²) in [4.78, 5) is 22.0. The Labute approximate surface area is 164 Å². The molecule has 1 aromatic carbocycles. The van der Waals surface area contributed by atoms with E-state index in [1.807, 2.05) is 35.2 Å². The largest absolute Gasteiger partial charge is 0.356 e. The summed E-state index contributed by atoms with van der Waals surface area (Å²) in [5.74, 6) is 0.956. The summed E-state index contributed by atoms with van der Waals surface area (Å²) >= 11 is 5.80. The number of hydrogen-bond acceptors (Lipinski definition) is 3. The van der Waals surface area contributed by atoms with Crippen LogP contribution in [0.15, 0.2) is 47.6 Å². The first-order chi connectivity index (χ1) is 13.2. The van der Waals surface area contributed by atoms with Crippen LogP contribution in [0.3, 0.4) is 0 Å². The van der Waals surface area contributed by atoms with E-state index in [1.165, 1.54) is 0 Å². The van der Waals surface area contributed by atoms with Crippen molar-refractivity contribution in [2.45, 2.75) is 25.8 Å². The number of nitrogens with one attached hydrogen (secondary N) is 2. The van der Waals surface area contributed by atoms with E-state index in [2.05, 4.69) is 20.6 Å². The third kappa shape index (κ3) is 5.44. The molecular formula is C20H24ClN5O. The summed E-state index contributed by atoms with van der Waals surface area (Å²) in [7, 11) is 1.75. The highest BCUT2D eigenvalue weighted by molar-refractivity contribution is 6.29. The van der Waals surface area contributed by atoms with Gasteiger partial charge in [-0.05, 0) is 42.2 Å². The van der Waals surface area contributed by atoms with Crippen LogP contribution in [0.5, 0.6) is 0 Å². The molecule has 0 bridgehead atoms. The molecule has 1 fully saturated rings. The number of aromatic nitrogens is 1. The summed E-state index contributed by atoms with van der Waals surface area (Å²) in [5, 5.41) is 7.09. The van der Waals surface area contributed by atoms with Crippen molar-refractivity contribution in [1.82, 2.24) is 15.6 Å². The molecule has 0 unspecified atom stereocenters. The van der Waals surface area contributed by atoms with Crippen LogP contribution in [0.4, 0.5) is 5.69 Å². The quantitative estimate of drug-likeness (QED) is 0.455. The molecule has 6 nitrogen and oxygen atoms in total. The molecule has 2 heterocycles. The lowest BCUT2D eigenvalue weighted by molar-refractivity contribution is -0.117. The van der Waals surface area contributed by atoms with Crippen molar-refractivity contribution < 1.29 is 4.79 Å². The van der Waals surface area contributed by atoms with Crippen molar-refractivity contribution in [1.29, 1.82) is 0 Å². The summed E-state index contributed by atoms with van der Waals surface area (Å²) in [6, 6.07) is 11.9. The van der Waals surface area contributed by atoms with Crippen molar-refractivity contribution in [3.05, 3.63) is 58.9 Å². The number of rotatable bonds is 6. The van der Waals surface area contributed by atoms with Crippen molar-refractivity contribution >= 4 is 29.2 Å². The number of aliphatic imine (C=N–C) groups is 1. The van der Waals surface area contributed by atoms with E-state index >= 15 is 0 Å². The van der Waals surface area contributed by atoms with Crippen LogP contribution < -0.4 is 15.5 Å². The maximum absolute atomic E-state index is 11.8. The van der Waals surface area contributed by atoms with Crippen LogP contribution >= 0.6 is 11.6 Å². The van der Waals surface area contributed by atoms with E-state index in [0.717, 1.165) is 48.7 Å². The van der Waals surface area contributed by atoms with Gasteiger partial charge in [0, 0.05) is 45.0 Å². The summed E-state index contributed by atoms with van der Waals surface area (Å²) in [5.41, 5.74) is 3.23. The zero-order chi connectivity index (χ0) is 19.1. The Kier molecular flexibility index (Phi) is 6.65. The Bertz CT molecular complexity index is 789. The van der Waals surface area contributed by atoms with Crippen LogP contribution in [0.1, 0.15) is 24.0 Å². The van der Waals surface area contributed by atoms with E-state index < -0.39 is 0 Å². The van der Waals surface area contributed by atoms with E-state index in [4.69, 9.17) is 11.6 Å². The summed E-state index contributed by atoms with van der Waals surface area (Å²) in [6.45, 7) is 2.23. The molecular weight excluding hydrogens is 362 g/mol. The molecule has 3 rings (SSSR count). The van der Waals surface area contributed by atoms with Gasteiger partial charge in [-0.2, -0.15) is 0 Å². The lowest BCUT2D eigenvalue weighted by Crippen LogP contribution is -2.37. The fourth-order valence-electron chi connectivity index (χ4n) is 3.00. The smallest absolute Gasteiger partial charge is 0.227 e. The maximum atomic E-state index is 11.8. The molecule has 142 valence electrons. The number of hydrogen-bond donors (Lipinski definition) is 2. The number of amides is 1. The predicted octanol–water partition coefficient (Wildman–Crippen LogP) is 2.77. The van der Waals surface area contributed by atoms with Gasteiger partial charge < -0.3 is 15.5 Å². The van der Waals surface area contributed by atoms with Crippen molar-refractivity contribution in [2.24, 2.45) is 4.99 Å². The van der Waals surface area contributed by atoms with Gasteiger partial charge in [-0.1, -0.05) is 29.8 Å². The van der Waals surface area contributed by atoms with Gasteiger partial charge >= 0.3 is 0 Å². The molecule has 0 aliphatic carbocycles. The number of carbonyl (C=O) groups excluding carboxylic acids is 1. The average Bonchev–Trinajstić information content (AvgIpc) is 3.12. The van der Waals surface area contributed by atoms with Crippen LogP contribution in [-0.2, 0) is 17.8 Å². The number of halogens is 1. The highest BCUT2D eigenvalue weighted by Gasteiger charge is 2.21. The molecule has 0 saturated carbocycles. The standard InChI is InChI=1S/C20H24ClN5O/c1-22-20(23-11-10-16-6-9-18(21)24-13-16)25-14-15-4-7-17(8-5-15)26-12-2-3-19(26)27/h4-9,13H,2-3,10-12,14H2,1H3,(H2,22,23,25). The monoisotopic (exact) mass is 385 g/mol. The molecule has 2 N–H and O–H groups in total. The van der Waals surface area contributed by atoms with Gasteiger partial charge in [0.2, 0.25) is 5.91 Å². The Morgan fingerprint density at radius 3 is 2.59 bits per heavy atom. The minimum absolute atomic E-state index is 0.210. The van der Waals surface area contributed by atoms with Gasteiger partial charge in [-0.25, -0.2) is 4.98 Å². The molecule has 1 aliphatic heterocycles. The molecule has 27 heavy (non-hydrogen) atoms. The third-order valence-electron chi connectivity index (χ3n) is 4.50. The molecule has 1 saturated heterocycles. The van der Waals surface area contributed by atoms with Crippen LogP contribution in [-0.4, -0.2) is 37.0 Å². The lowest BCUT2D eigenvalue weighted by Gasteiger charge is -2.16. The molecule has 0 spiro atoms. The second-order valence-electron chi connectivity index (χ2n) is 6.41. The van der Waals surface area contributed by atoms with Crippen LogP contribution in [0.25, 0.3) is 0 Å². The number of pyridine rings is 1. The molecule has 0 atom stereocenters. The van der Waals surface area contributed by atoms with E-state index in [9.17, 15) is 4.79 Å². The number of anilines is 1. The van der Waals surface area contributed by atoms with Crippen molar-refractivity contribution in [3.63, 3.8) is 0 Å². The van der Waals surface area contributed by atoms with E-state index in [-0.39, 0.29) is 5.91 Å². The Hall–Kier alpha value is -2.60. The Balaban J connectivity index is 1.44. The zero-order valence-corrected chi connectivity index (χ0v) is 16.2. The second-order valence-corrected chi connectivity index (χ2v) is 6.79. The van der Waals surface area contributed by atoms with Crippen LogP contribution in [0, 0.1) is 0 Å². The Morgan fingerprint density at radius 1 is 1.19 bits per heavy atom. The highest BCUT2D eigenvalue weighted by Crippen LogP contribution is 2.21. The molecule has 2 aromatic rings. The molecule has 1 aliphatic rings. The molecule has 7 heteroatoms. The van der Waals surface area contributed by atoms with Crippen molar-refractivity contribution in [3.8, 4) is 0 Å². The number of benzene rings is 1. The second kappa shape index (κ2) is 9.37. The van der Waals surface area contributed by atoms with Gasteiger partial charge in [-0.3, -0.25) is 9.79 Å². The minimum atomic E-state index is 0.210. The SMILES string of the molecule is CN=C(NCCc1ccc(Cl)nc1)NCc1ccc(N2CCCC2=O)cc1. The predicted molar refractivity (Wildman–Crippen MR) is 109 cm³/mol. The first-order valence-electron chi connectivity index (χ1n) is 9.10. The van der Waals surface area contributed by atoms with Crippen molar-refractivity contribution in [2.75, 3.05) is 25.0 Å². The summed E-state index contributed by atoms with van der Waals surface area (Å²) < 4.78 is 0. The van der Waals surface area contributed by atoms with Gasteiger partial charge in [-0.15, -0.1) is 0 Å². The zero-order valence-electron chi connectivity index (χ0n) is 15.4. The average molecular weight is 386 g/mol. The molecule has 0 radical (unpaired) electrons. The van der Waals surface area contributed by atoms with Gasteiger partial charge in [0.15, 0.2) is 5.96 Å². The topological polar surface area (TPSA) is 69.6 Å². The first kappa shape index (κ1) is 19.2. The van der Waals surface area contributed by atoms with E-state index in [0.29, 0.717) is 18.1 Å². The number of nitrogens with zero attached hydrogens (tertiary/aromatic N) is 3. The normalized spacial score (nSPS) is 14.5. The van der Waals surface area contributed by atoms with E-state index in [1.54, 1.807) is 19.3 Å². The van der Waals surface area contributed by atoms with Gasteiger partial charge in [0.25, 0.3) is 0 Å². The molecule has 1 amide bonds. The van der Waals surface area contributed by atoms with Crippen LogP contribution in [0.2, 0.25) is 5.15 Å². The minimum Gasteiger partial charge on any atom is -0.356 e. The highest BCUT2D eigenvalue weighted by atomic mass is 35.5. The lowest BCUT2D eigenvalue weighted by atomic mass is 10.2. The van der Waals surface area contributed by atoms with Gasteiger partial charge in [0.05, 0.1) is 0 Å².